The maximum absolute atomic E-state index is 12.1. The number of nitrogens with zero attached hydrogens (tertiary/aromatic N) is 2. The maximum atomic E-state index is 12.1. The Morgan fingerprint density at radius 1 is 1.32 bits per heavy atom. The second-order valence-electron chi connectivity index (χ2n) is 5.88. The molecule has 0 aromatic heterocycles. The Bertz CT molecular complexity index is 596. The van der Waals surface area contributed by atoms with E-state index in [1.807, 2.05) is 25.1 Å². The number of nitrogens with two attached hydrogens (primary N) is 1. The molecule has 2 amide bonds. The van der Waals surface area contributed by atoms with Crippen molar-refractivity contribution in [2.24, 2.45) is 11.7 Å². The van der Waals surface area contributed by atoms with Gasteiger partial charge in [-0.05, 0) is 30.7 Å². The molecule has 6 heteroatoms. The molecule has 2 saturated heterocycles. The first kappa shape index (κ1) is 14.8. The van der Waals surface area contributed by atoms with Crippen LogP contribution in [0, 0.1) is 12.8 Å². The molecule has 118 valence electrons. The van der Waals surface area contributed by atoms with Gasteiger partial charge in [-0.25, -0.2) is 0 Å². The number of morpholine rings is 1. The summed E-state index contributed by atoms with van der Waals surface area (Å²) in [5.74, 6) is -0.827. The van der Waals surface area contributed by atoms with Crippen molar-refractivity contribution < 1.29 is 14.3 Å². The number of hydrogen-bond acceptors (Lipinski definition) is 4. The van der Waals surface area contributed by atoms with Crippen molar-refractivity contribution in [1.82, 2.24) is 0 Å². The van der Waals surface area contributed by atoms with Crippen molar-refractivity contribution in [3.8, 4) is 0 Å². The van der Waals surface area contributed by atoms with Gasteiger partial charge in [-0.3, -0.25) is 9.59 Å². The van der Waals surface area contributed by atoms with Gasteiger partial charge in [0, 0.05) is 37.4 Å². The zero-order chi connectivity index (χ0) is 15.7. The van der Waals surface area contributed by atoms with Gasteiger partial charge in [-0.15, -0.1) is 0 Å². The fraction of sp³-hybridized carbons (Fsp3) is 0.500. The van der Waals surface area contributed by atoms with E-state index in [4.69, 9.17) is 10.5 Å². The molecule has 0 radical (unpaired) electrons. The van der Waals surface area contributed by atoms with E-state index in [1.54, 1.807) is 4.90 Å². The van der Waals surface area contributed by atoms with E-state index >= 15 is 0 Å². The Hall–Kier alpha value is -2.08. The number of carbonyl (C=O) groups is 2. The lowest BCUT2D eigenvalue weighted by molar-refractivity contribution is -0.123. The van der Waals surface area contributed by atoms with Gasteiger partial charge in [0.2, 0.25) is 11.8 Å². The van der Waals surface area contributed by atoms with E-state index in [9.17, 15) is 9.59 Å². The number of carbonyl (C=O) groups excluding carboxylic acids is 2. The van der Waals surface area contributed by atoms with Gasteiger partial charge in [0.05, 0.1) is 19.1 Å². The number of amides is 2. The highest BCUT2D eigenvalue weighted by molar-refractivity contribution is 6.00. The van der Waals surface area contributed by atoms with Gasteiger partial charge in [0.1, 0.15) is 0 Å². The highest BCUT2D eigenvalue weighted by Crippen LogP contribution is 2.30. The molecule has 2 fully saturated rings. The first-order chi connectivity index (χ1) is 10.6. The van der Waals surface area contributed by atoms with Crippen LogP contribution in [0.3, 0.4) is 0 Å². The summed E-state index contributed by atoms with van der Waals surface area (Å²) in [5, 5.41) is 0. The van der Waals surface area contributed by atoms with Crippen LogP contribution >= 0.6 is 0 Å². The summed E-state index contributed by atoms with van der Waals surface area (Å²) in [6.45, 7) is 5.67. The molecule has 2 heterocycles. The average Bonchev–Trinajstić information content (AvgIpc) is 2.90. The monoisotopic (exact) mass is 303 g/mol. The molecular formula is C16H21N3O3. The van der Waals surface area contributed by atoms with Crippen LogP contribution in [0.15, 0.2) is 18.2 Å². The lowest BCUT2D eigenvalue weighted by Crippen LogP contribution is -2.36. The van der Waals surface area contributed by atoms with Gasteiger partial charge in [0.15, 0.2) is 0 Å². The Balaban J connectivity index is 1.80. The summed E-state index contributed by atoms with van der Waals surface area (Å²) in [6, 6.07) is 5.99. The number of aryl methyl sites for hydroxylation is 1. The fourth-order valence-corrected chi connectivity index (χ4v) is 3.11. The van der Waals surface area contributed by atoms with Crippen molar-refractivity contribution in [2.75, 3.05) is 42.6 Å². The smallest absolute Gasteiger partial charge is 0.227 e. The van der Waals surface area contributed by atoms with Crippen LogP contribution in [-0.4, -0.2) is 44.7 Å². The van der Waals surface area contributed by atoms with Crippen LogP contribution in [0.4, 0.5) is 11.4 Å². The van der Waals surface area contributed by atoms with Crippen LogP contribution in [0.5, 0.6) is 0 Å². The van der Waals surface area contributed by atoms with Gasteiger partial charge in [-0.2, -0.15) is 0 Å². The minimum absolute atomic E-state index is 0.0395. The van der Waals surface area contributed by atoms with Crippen molar-refractivity contribution in [3.63, 3.8) is 0 Å². The number of anilines is 2. The molecule has 0 saturated carbocycles. The van der Waals surface area contributed by atoms with E-state index < -0.39 is 5.91 Å². The van der Waals surface area contributed by atoms with Crippen LogP contribution < -0.4 is 15.5 Å². The molecule has 1 aromatic carbocycles. The third kappa shape index (κ3) is 2.78. The summed E-state index contributed by atoms with van der Waals surface area (Å²) in [6.07, 6.45) is 0.208. The van der Waals surface area contributed by atoms with Gasteiger partial charge in [-0.1, -0.05) is 0 Å². The molecule has 2 aliphatic heterocycles. The molecule has 3 rings (SSSR count). The van der Waals surface area contributed by atoms with Gasteiger partial charge < -0.3 is 20.3 Å². The number of benzene rings is 1. The number of rotatable bonds is 3. The van der Waals surface area contributed by atoms with E-state index in [-0.39, 0.29) is 18.2 Å². The van der Waals surface area contributed by atoms with E-state index in [0.717, 1.165) is 37.6 Å². The highest BCUT2D eigenvalue weighted by Gasteiger charge is 2.34. The van der Waals surface area contributed by atoms with Crippen LogP contribution in [0.25, 0.3) is 0 Å². The summed E-state index contributed by atoms with van der Waals surface area (Å²) in [5.41, 5.74) is 8.44. The summed E-state index contributed by atoms with van der Waals surface area (Å²) >= 11 is 0. The van der Waals surface area contributed by atoms with Crippen molar-refractivity contribution in [1.29, 1.82) is 0 Å². The first-order valence-corrected chi connectivity index (χ1v) is 7.59. The van der Waals surface area contributed by atoms with Gasteiger partial charge >= 0.3 is 0 Å². The lowest BCUT2D eigenvalue weighted by atomic mass is 10.1. The highest BCUT2D eigenvalue weighted by atomic mass is 16.5. The minimum Gasteiger partial charge on any atom is -0.378 e. The molecular weight excluding hydrogens is 282 g/mol. The van der Waals surface area contributed by atoms with E-state index in [0.29, 0.717) is 6.54 Å². The topological polar surface area (TPSA) is 75.9 Å². The Kier molecular flexibility index (Phi) is 4.02. The van der Waals surface area contributed by atoms with Crippen LogP contribution in [0.1, 0.15) is 12.0 Å². The quantitative estimate of drug-likeness (QED) is 0.890. The second-order valence-corrected chi connectivity index (χ2v) is 5.88. The first-order valence-electron chi connectivity index (χ1n) is 7.59. The van der Waals surface area contributed by atoms with E-state index in [2.05, 4.69) is 4.90 Å². The average molecular weight is 303 g/mol. The molecule has 1 aromatic rings. The zero-order valence-electron chi connectivity index (χ0n) is 12.7. The molecule has 22 heavy (non-hydrogen) atoms. The van der Waals surface area contributed by atoms with Crippen molar-refractivity contribution in [3.05, 3.63) is 23.8 Å². The van der Waals surface area contributed by atoms with Crippen molar-refractivity contribution in [2.45, 2.75) is 13.3 Å². The molecule has 2 N–H and O–H groups in total. The number of hydrogen-bond donors (Lipinski definition) is 1. The third-order valence-electron chi connectivity index (χ3n) is 4.37. The molecule has 0 aliphatic carbocycles. The minimum atomic E-state index is -0.405. The molecule has 6 nitrogen and oxygen atoms in total. The summed E-state index contributed by atoms with van der Waals surface area (Å²) in [4.78, 5) is 27.3. The molecule has 0 bridgehead atoms. The van der Waals surface area contributed by atoms with Crippen molar-refractivity contribution >= 4 is 23.2 Å². The predicted octanol–water partition coefficient (Wildman–Crippen LogP) is 0.670. The van der Waals surface area contributed by atoms with E-state index in [1.165, 1.54) is 5.69 Å². The SMILES string of the molecule is Cc1cc(N2CC(C(N)=O)CC2=O)ccc1N1CCOCC1. The molecule has 0 spiro atoms. The number of ether oxygens (including phenoxy) is 1. The Labute approximate surface area is 129 Å². The molecule has 1 atom stereocenters. The molecule has 2 aliphatic rings. The van der Waals surface area contributed by atoms with Crippen LogP contribution in [-0.2, 0) is 14.3 Å². The third-order valence-corrected chi connectivity index (χ3v) is 4.37. The zero-order valence-corrected chi connectivity index (χ0v) is 12.7. The molecule has 1 unspecified atom stereocenters. The fourth-order valence-electron chi connectivity index (χ4n) is 3.11. The second kappa shape index (κ2) is 5.96. The number of primary amides is 1. The van der Waals surface area contributed by atoms with Crippen LogP contribution in [0.2, 0.25) is 0 Å². The summed E-state index contributed by atoms with van der Waals surface area (Å²) < 4.78 is 5.38. The lowest BCUT2D eigenvalue weighted by Gasteiger charge is -2.30. The predicted molar refractivity (Wildman–Crippen MR) is 83.9 cm³/mol. The largest absolute Gasteiger partial charge is 0.378 e. The standard InChI is InChI=1S/C16H21N3O3/c1-11-8-13(19-10-12(16(17)21)9-15(19)20)2-3-14(11)18-4-6-22-7-5-18/h2-3,8,12H,4-7,9-10H2,1H3,(H2,17,21). The summed E-state index contributed by atoms with van der Waals surface area (Å²) in [7, 11) is 0. The van der Waals surface area contributed by atoms with Gasteiger partial charge in [0.25, 0.3) is 0 Å². The Morgan fingerprint density at radius 3 is 2.64 bits per heavy atom. The normalized spacial score (nSPS) is 22.2. The maximum Gasteiger partial charge on any atom is 0.227 e. The Morgan fingerprint density at radius 2 is 2.05 bits per heavy atom.